The Morgan fingerprint density at radius 1 is 0.929 bits per heavy atom. The number of phenols is 1. The highest BCUT2D eigenvalue weighted by molar-refractivity contribution is 6.33. The minimum Gasteiger partial charge on any atom is -0.508 e. The van der Waals surface area contributed by atoms with E-state index >= 15 is 0 Å². The topological polar surface area (TPSA) is 55.5 Å². The second-order valence-electron chi connectivity index (χ2n) is 5.93. The molecule has 0 aliphatic heterocycles. The van der Waals surface area contributed by atoms with Gasteiger partial charge in [-0.3, -0.25) is 0 Å². The van der Waals surface area contributed by atoms with E-state index in [1.807, 2.05) is 0 Å². The molecule has 0 spiro atoms. The number of aromatic hydroxyl groups is 1. The zero-order chi connectivity index (χ0) is 20.3. The molecule has 3 aromatic carbocycles. The summed E-state index contributed by atoms with van der Waals surface area (Å²) in [4.78, 5) is 5.08. The maximum atomic E-state index is 14.7. The predicted molar refractivity (Wildman–Crippen MR) is 107 cm³/mol. The van der Waals surface area contributed by atoms with Gasteiger partial charge >= 0.3 is 0 Å². The average molecular weight is 400 g/mol. The van der Waals surface area contributed by atoms with Crippen molar-refractivity contribution in [3.8, 4) is 5.75 Å². The summed E-state index contributed by atoms with van der Waals surface area (Å²) in [6.45, 7) is 4.03. The summed E-state index contributed by atoms with van der Waals surface area (Å²) < 4.78 is 28.6. The lowest BCUT2D eigenvalue weighted by atomic mass is 9.90. The van der Waals surface area contributed by atoms with Crippen molar-refractivity contribution in [2.24, 2.45) is 5.90 Å². The van der Waals surface area contributed by atoms with Crippen LogP contribution in [0.2, 0.25) is 5.02 Å². The third kappa shape index (κ3) is 3.76. The summed E-state index contributed by atoms with van der Waals surface area (Å²) in [5, 5.41) is 9.92. The molecule has 3 aromatic rings. The summed E-state index contributed by atoms with van der Waals surface area (Å²) >= 11 is 6.28. The van der Waals surface area contributed by atoms with Gasteiger partial charge in [0.25, 0.3) is 0 Å². The highest BCUT2D eigenvalue weighted by Crippen LogP contribution is 2.40. The fourth-order valence-electron chi connectivity index (χ4n) is 2.84. The van der Waals surface area contributed by atoms with Crippen LogP contribution in [-0.2, 0) is 4.84 Å². The Hall–Kier alpha value is -3.15. The minimum atomic E-state index is -1.07. The summed E-state index contributed by atoms with van der Waals surface area (Å²) in [6, 6.07) is 16.5. The highest BCUT2D eigenvalue weighted by atomic mass is 35.5. The van der Waals surface area contributed by atoms with Gasteiger partial charge in [0.1, 0.15) is 5.75 Å². The van der Waals surface area contributed by atoms with Crippen LogP contribution in [0.15, 0.2) is 73.3 Å². The number of benzene rings is 3. The Bertz CT molecular complexity index is 1060. The molecular weight excluding hydrogens is 384 g/mol. The molecule has 3 N–H and O–H groups in total. The van der Waals surface area contributed by atoms with Crippen molar-refractivity contribution in [3.63, 3.8) is 0 Å². The molecule has 0 aliphatic rings. The molecule has 6 heteroatoms. The maximum Gasteiger partial charge on any atom is 0.166 e. The van der Waals surface area contributed by atoms with Gasteiger partial charge in [-0.2, -0.15) is 5.90 Å². The van der Waals surface area contributed by atoms with Gasteiger partial charge in [-0.25, -0.2) is 8.78 Å². The van der Waals surface area contributed by atoms with Gasteiger partial charge < -0.3 is 9.94 Å². The van der Waals surface area contributed by atoms with E-state index in [4.69, 9.17) is 22.3 Å². The van der Waals surface area contributed by atoms with Crippen LogP contribution in [0.4, 0.5) is 8.78 Å². The van der Waals surface area contributed by atoms with E-state index in [2.05, 4.69) is 6.58 Å². The zero-order valence-electron chi connectivity index (χ0n) is 14.6. The van der Waals surface area contributed by atoms with Crippen molar-refractivity contribution < 1.29 is 18.7 Å². The van der Waals surface area contributed by atoms with Gasteiger partial charge in [0.2, 0.25) is 0 Å². The monoisotopic (exact) mass is 399 g/mol. The van der Waals surface area contributed by atoms with E-state index in [1.54, 1.807) is 24.3 Å². The smallest absolute Gasteiger partial charge is 0.166 e. The van der Waals surface area contributed by atoms with E-state index in [-0.39, 0.29) is 22.6 Å². The van der Waals surface area contributed by atoms with Crippen molar-refractivity contribution in [1.82, 2.24) is 0 Å². The molecule has 28 heavy (non-hydrogen) atoms. The van der Waals surface area contributed by atoms with E-state index in [0.717, 1.165) is 6.07 Å². The van der Waals surface area contributed by atoms with Gasteiger partial charge in [-0.15, -0.1) is 0 Å². The first-order valence-corrected chi connectivity index (χ1v) is 8.60. The fraction of sp³-hybridized carbons (Fsp3) is 0. The van der Waals surface area contributed by atoms with Crippen molar-refractivity contribution in [2.45, 2.75) is 0 Å². The van der Waals surface area contributed by atoms with E-state index in [1.165, 1.54) is 36.4 Å². The van der Waals surface area contributed by atoms with Gasteiger partial charge in [0, 0.05) is 27.3 Å². The first-order chi connectivity index (χ1) is 13.4. The second-order valence-corrected chi connectivity index (χ2v) is 6.34. The first kappa shape index (κ1) is 19.6. The number of phenolic OH excluding ortho intramolecular Hbond substituents is 1. The van der Waals surface area contributed by atoms with Crippen molar-refractivity contribution in [2.75, 3.05) is 0 Å². The van der Waals surface area contributed by atoms with E-state index in [0.29, 0.717) is 21.7 Å². The molecule has 142 valence electrons. The van der Waals surface area contributed by atoms with E-state index in [9.17, 15) is 13.9 Å². The number of halogens is 3. The minimum absolute atomic E-state index is 0.0311. The number of hydrogen-bond acceptors (Lipinski definition) is 3. The molecule has 0 unspecified atom stereocenters. The van der Waals surface area contributed by atoms with Crippen LogP contribution in [0.3, 0.4) is 0 Å². The number of hydrogen-bond donors (Lipinski definition) is 2. The fourth-order valence-corrected chi connectivity index (χ4v) is 3.09. The molecule has 3 nitrogen and oxygen atoms in total. The number of nitrogens with two attached hydrogens (primary N) is 1. The Morgan fingerprint density at radius 2 is 1.57 bits per heavy atom. The lowest BCUT2D eigenvalue weighted by Gasteiger charge is -2.18. The van der Waals surface area contributed by atoms with Crippen molar-refractivity contribution in [3.05, 3.63) is 107 Å². The van der Waals surface area contributed by atoms with Crippen LogP contribution in [0.5, 0.6) is 5.75 Å². The first-order valence-electron chi connectivity index (χ1n) is 8.23. The van der Waals surface area contributed by atoms with Crippen LogP contribution in [0.1, 0.15) is 16.7 Å². The van der Waals surface area contributed by atoms with Crippen LogP contribution in [0.25, 0.3) is 16.9 Å². The van der Waals surface area contributed by atoms with Gasteiger partial charge in [0.15, 0.2) is 17.4 Å². The van der Waals surface area contributed by atoms with Crippen LogP contribution < -0.4 is 5.90 Å². The van der Waals surface area contributed by atoms with Crippen molar-refractivity contribution in [1.29, 1.82) is 0 Å². The molecule has 0 heterocycles. The molecule has 0 bridgehead atoms. The molecule has 0 radical (unpaired) electrons. The Balaban J connectivity index is 2.33. The summed E-state index contributed by atoms with van der Waals surface area (Å²) in [5.74, 6) is 3.50. The predicted octanol–water partition coefficient (Wildman–Crippen LogP) is 5.80. The second kappa shape index (κ2) is 8.25. The molecule has 0 amide bonds. The van der Waals surface area contributed by atoms with E-state index < -0.39 is 11.6 Å². The third-order valence-electron chi connectivity index (χ3n) is 4.20. The van der Waals surface area contributed by atoms with Crippen molar-refractivity contribution >= 4 is 28.5 Å². The molecule has 0 atom stereocenters. The largest absolute Gasteiger partial charge is 0.508 e. The van der Waals surface area contributed by atoms with Gasteiger partial charge in [0.05, 0.1) is 0 Å². The standard InChI is InChI=1S/C22H16ClF2NO2/c1-13(16-5-2-3-7-18(16)23)20(17-6-4-8-19(24)21(17)25)22(28-26)14-9-11-15(27)12-10-14/h2-12,27H,1,26H2/b22-20+. The Kier molecular flexibility index (Phi) is 5.78. The molecule has 3 rings (SSSR count). The third-order valence-corrected chi connectivity index (χ3v) is 4.53. The van der Waals surface area contributed by atoms with Gasteiger partial charge in [-0.05, 0) is 42.0 Å². The lowest BCUT2D eigenvalue weighted by molar-refractivity contribution is 0.292. The number of rotatable bonds is 5. The Morgan fingerprint density at radius 3 is 2.21 bits per heavy atom. The van der Waals surface area contributed by atoms with Crippen LogP contribution in [0, 0.1) is 11.6 Å². The average Bonchev–Trinajstić information content (AvgIpc) is 2.69. The maximum absolute atomic E-state index is 14.7. The van der Waals surface area contributed by atoms with Crippen LogP contribution in [-0.4, -0.2) is 5.11 Å². The number of allylic oxidation sites excluding steroid dienone is 2. The van der Waals surface area contributed by atoms with Crippen LogP contribution >= 0.6 is 11.6 Å². The molecule has 0 aromatic heterocycles. The molecule has 0 fully saturated rings. The SMILES string of the molecule is C=C(/C(=C(\ON)c1ccc(O)cc1)c1cccc(F)c1F)c1ccccc1Cl. The molecule has 0 aliphatic carbocycles. The molecule has 0 saturated heterocycles. The summed E-state index contributed by atoms with van der Waals surface area (Å²) in [5.41, 5.74) is 1.30. The molecular formula is C22H16ClF2NO2. The zero-order valence-corrected chi connectivity index (χ0v) is 15.4. The van der Waals surface area contributed by atoms with Gasteiger partial charge in [-0.1, -0.05) is 48.5 Å². The summed E-state index contributed by atoms with van der Waals surface area (Å²) in [7, 11) is 0. The summed E-state index contributed by atoms with van der Waals surface area (Å²) in [6.07, 6.45) is 0. The Labute approximate surface area is 165 Å². The highest BCUT2D eigenvalue weighted by Gasteiger charge is 2.23. The molecule has 0 saturated carbocycles. The lowest BCUT2D eigenvalue weighted by Crippen LogP contribution is -2.06. The normalized spacial score (nSPS) is 11.7. The quantitative estimate of drug-likeness (QED) is 0.247.